The van der Waals surface area contributed by atoms with Crippen LogP contribution in [0, 0.1) is 0 Å². The van der Waals surface area contributed by atoms with Gasteiger partial charge in [-0.1, -0.05) is 48.3 Å². The van der Waals surface area contributed by atoms with Gasteiger partial charge in [0.05, 0.1) is 5.71 Å². The van der Waals surface area contributed by atoms with Crippen LogP contribution in [0.2, 0.25) is 0 Å². The van der Waals surface area contributed by atoms with E-state index in [9.17, 15) is 0 Å². The average Bonchev–Trinajstić information content (AvgIpc) is 2.59. The van der Waals surface area contributed by atoms with Gasteiger partial charge in [-0.15, -0.1) is 0 Å². The van der Waals surface area contributed by atoms with Crippen molar-refractivity contribution in [2.75, 3.05) is 13.2 Å². The van der Waals surface area contributed by atoms with Crippen molar-refractivity contribution in [2.45, 2.75) is 78.3 Å². The summed E-state index contributed by atoms with van der Waals surface area (Å²) in [5.74, 6) is 0. The maximum atomic E-state index is 5.77. The Bertz CT molecular complexity index is 567. The summed E-state index contributed by atoms with van der Waals surface area (Å²) < 4.78 is 0. The molecule has 0 bridgehead atoms. The van der Waals surface area contributed by atoms with Crippen molar-refractivity contribution < 1.29 is 4.84 Å². The van der Waals surface area contributed by atoms with Crippen molar-refractivity contribution in [3.8, 4) is 0 Å². The van der Waals surface area contributed by atoms with Gasteiger partial charge in [0.1, 0.15) is 6.61 Å². The molecule has 1 saturated carbocycles. The molecule has 0 aromatic heterocycles. The molecule has 0 atom stereocenters. The zero-order chi connectivity index (χ0) is 18.8. The van der Waals surface area contributed by atoms with E-state index in [1.54, 1.807) is 0 Å². The van der Waals surface area contributed by atoms with E-state index in [-0.39, 0.29) is 0 Å². The highest BCUT2D eigenvalue weighted by molar-refractivity contribution is 6.03. The fraction of sp³-hybridized carbons (Fsp3) is 0.609. The molecule has 0 N–H and O–H groups in total. The standard InChI is InChI=1S/C23H36N2O/c1-19(2)25(20(3)4)16-17-26-24-23-15-11-6-5-10-14-22(23)18-21-12-8-7-9-13-21/h7-9,12-13,18-20H,5-6,10-11,14-17H2,1-4H3/b22-18+,24-23+. The Kier molecular flexibility index (Phi) is 8.90. The van der Waals surface area contributed by atoms with Gasteiger partial charge in [0, 0.05) is 18.6 Å². The molecule has 0 radical (unpaired) electrons. The van der Waals surface area contributed by atoms with Crippen molar-refractivity contribution in [1.29, 1.82) is 0 Å². The summed E-state index contributed by atoms with van der Waals surface area (Å²) in [7, 11) is 0. The first-order valence-electron chi connectivity index (χ1n) is 10.3. The molecule has 0 amide bonds. The van der Waals surface area contributed by atoms with E-state index in [4.69, 9.17) is 4.84 Å². The number of hydrogen-bond acceptors (Lipinski definition) is 3. The second-order valence-electron chi connectivity index (χ2n) is 7.79. The van der Waals surface area contributed by atoms with Gasteiger partial charge in [-0.05, 0) is 70.6 Å². The highest BCUT2D eigenvalue weighted by atomic mass is 16.6. The van der Waals surface area contributed by atoms with Crippen LogP contribution in [0.5, 0.6) is 0 Å². The molecule has 2 rings (SSSR count). The molecule has 3 nitrogen and oxygen atoms in total. The normalized spacial score (nSPS) is 19.3. The predicted octanol–water partition coefficient (Wildman–Crippen LogP) is 5.92. The summed E-state index contributed by atoms with van der Waals surface area (Å²) in [6.45, 7) is 10.5. The summed E-state index contributed by atoms with van der Waals surface area (Å²) in [6.07, 6.45) is 9.48. The topological polar surface area (TPSA) is 24.8 Å². The van der Waals surface area contributed by atoms with Crippen LogP contribution in [0.3, 0.4) is 0 Å². The first-order valence-corrected chi connectivity index (χ1v) is 10.3. The van der Waals surface area contributed by atoms with Crippen molar-refractivity contribution in [1.82, 2.24) is 4.90 Å². The van der Waals surface area contributed by atoms with E-state index < -0.39 is 0 Å². The van der Waals surface area contributed by atoms with E-state index in [1.807, 2.05) is 0 Å². The minimum atomic E-state index is 0.529. The Balaban J connectivity index is 2.03. The van der Waals surface area contributed by atoms with Gasteiger partial charge in [0.15, 0.2) is 0 Å². The van der Waals surface area contributed by atoms with Crippen molar-refractivity contribution in [2.24, 2.45) is 5.16 Å². The molecule has 1 fully saturated rings. The molecule has 0 aliphatic heterocycles. The van der Waals surface area contributed by atoms with Crippen LogP contribution in [0.1, 0.15) is 71.8 Å². The van der Waals surface area contributed by atoms with E-state index in [0.717, 1.165) is 25.1 Å². The lowest BCUT2D eigenvalue weighted by Crippen LogP contribution is -2.39. The Morgan fingerprint density at radius 3 is 2.27 bits per heavy atom. The SMILES string of the molecule is CC(C)N(CCO/N=C1\CCCCCC\C1=C/c1ccccc1)C(C)C. The van der Waals surface area contributed by atoms with Gasteiger partial charge in [-0.3, -0.25) is 4.90 Å². The molecular weight excluding hydrogens is 320 g/mol. The molecule has 1 aliphatic rings. The van der Waals surface area contributed by atoms with Gasteiger partial charge in [0.2, 0.25) is 0 Å². The van der Waals surface area contributed by atoms with Crippen molar-refractivity contribution in [3.63, 3.8) is 0 Å². The summed E-state index contributed by atoms with van der Waals surface area (Å²) in [5, 5.41) is 4.57. The van der Waals surface area contributed by atoms with Gasteiger partial charge in [0.25, 0.3) is 0 Å². The number of oxime groups is 1. The lowest BCUT2D eigenvalue weighted by molar-refractivity contribution is 0.0825. The van der Waals surface area contributed by atoms with Gasteiger partial charge in [-0.25, -0.2) is 0 Å². The molecule has 0 unspecified atom stereocenters. The Morgan fingerprint density at radius 1 is 0.962 bits per heavy atom. The van der Waals surface area contributed by atoms with E-state index in [0.29, 0.717) is 18.7 Å². The third-order valence-corrected chi connectivity index (χ3v) is 5.06. The fourth-order valence-electron chi connectivity index (χ4n) is 3.66. The Morgan fingerprint density at radius 2 is 1.62 bits per heavy atom. The zero-order valence-electron chi connectivity index (χ0n) is 17.1. The minimum Gasteiger partial charge on any atom is -0.394 e. The summed E-state index contributed by atoms with van der Waals surface area (Å²) >= 11 is 0. The summed E-state index contributed by atoms with van der Waals surface area (Å²) in [6, 6.07) is 11.6. The third-order valence-electron chi connectivity index (χ3n) is 5.06. The van der Waals surface area contributed by atoms with Crippen molar-refractivity contribution >= 4 is 11.8 Å². The lowest BCUT2D eigenvalue weighted by atomic mass is 9.93. The van der Waals surface area contributed by atoms with E-state index in [2.05, 4.69) is 74.2 Å². The van der Waals surface area contributed by atoms with Crippen LogP contribution in [-0.4, -0.2) is 35.8 Å². The smallest absolute Gasteiger partial charge is 0.129 e. The molecule has 0 spiro atoms. The van der Waals surface area contributed by atoms with Crippen LogP contribution in [-0.2, 0) is 4.84 Å². The van der Waals surface area contributed by atoms with Crippen LogP contribution in [0.25, 0.3) is 6.08 Å². The third kappa shape index (κ3) is 6.95. The Labute approximate surface area is 160 Å². The second-order valence-corrected chi connectivity index (χ2v) is 7.79. The fourth-order valence-corrected chi connectivity index (χ4v) is 3.66. The molecule has 144 valence electrons. The molecule has 1 aromatic carbocycles. The molecule has 3 heteroatoms. The van der Waals surface area contributed by atoms with Gasteiger partial charge >= 0.3 is 0 Å². The van der Waals surface area contributed by atoms with E-state index >= 15 is 0 Å². The maximum Gasteiger partial charge on any atom is 0.129 e. The molecule has 0 heterocycles. The first-order chi connectivity index (χ1) is 12.6. The lowest BCUT2D eigenvalue weighted by Gasteiger charge is -2.29. The van der Waals surface area contributed by atoms with Crippen molar-refractivity contribution in [3.05, 3.63) is 41.5 Å². The maximum absolute atomic E-state index is 5.77. The molecule has 1 aromatic rings. The van der Waals surface area contributed by atoms with Gasteiger partial charge in [-0.2, -0.15) is 0 Å². The largest absolute Gasteiger partial charge is 0.394 e. The summed E-state index contributed by atoms with van der Waals surface area (Å²) in [5.41, 5.74) is 3.75. The molecule has 0 saturated heterocycles. The van der Waals surface area contributed by atoms with E-state index in [1.165, 1.54) is 36.8 Å². The number of hydrogen-bond donors (Lipinski definition) is 0. The van der Waals surface area contributed by atoms with Crippen LogP contribution >= 0.6 is 0 Å². The van der Waals surface area contributed by atoms with Crippen LogP contribution in [0.4, 0.5) is 0 Å². The zero-order valence-corrected chi connectivity index (χ0v) is 17.1. The number of benzene rings is 1. The second kappa shape index (κ2) is 11.2. The number of rotatable bonds is 7. The predicted molar refractivity (Wildman–Crippen MR) is 112 cm³/mol. The molecule has 1 aliphatic carbocycles. The van der Waals surface area contributed by atoms with Crippen LogP contribution in [0.15, 0.2) is 41.1 Å². The van der Waals surface area contributed by atoms with Gasteiger partial charge < -0.3 is 4.84 Å². The molecular formula is C23H36N2O. The Hall–Kier alpha value is -1.61. The number of allylic oxidation sites excluding steroid dienone is 1. The highest BCUT2D eigenvalue weighted by Crippen LogP contribution is 2.22. The number of nitrogens with zero attached hydrogens (tertiary/aromatic N) is 2. The quantitative estimate of drug-likeness (QED) is 0.448. The minimum absolute atomic E-state index is 0.529. The first kappa shape index (κ1) is 20.7. The average molecular weight is 357 g/mol. The highest BCUT2D eigenvalue weighted by Gasteiger charge is 2.14. The van der Waals surface area contributed by atoms with Crippen LogP contribution < -0.4 is 0 Å². The summed E-state index contributed by atoms with van der Waals surface area (Å²) in [4.78, 5) is 8.22. The molecule has 26 heavy (non-hydrogen) atoms. The monoisotopic (exact) mass is 356 g/mol.